The number of ether oxygens (including phenoxy) is 1. The maximum absolute atomic E-state index is 12.2. The highest BCUT2D eigenvalue weighted by molar-refractivity contribution is 6.07. The predicted octanol–water partition coefficient (Wildman–Crippen LogP) is 3.26. The normalized spacial score (nSPS) is 11.4. The SMILES string of the molecule is CC(C)OCCCNC(=O)c1cc2ccc3cccnc3c2[nH]1. The van der Waals surface area contributed by atoms with Crippen molar-refractivity contribution in [1.82, 2.24) is 15.3 Å². The molecule has 3 rings (SSSR count). The van der Waals surface area contributed by atoms with Gasteiger partial charge in [-0.15, -0.1) is 0 Å². The van der Waals surface area contributed by atoms with Crippen molar-refractivity contribution >= 4 is 27.7 Å². The first-order valence-electron chi connectivity index (χ1n) is 7.91. The summed E-state index contributed by atoms with van der Waals surface area (Å²) < 4.78 is 5.46. The Balaban J connectivity index is 1.70. The number of pyridine rings is 1. The van der Waals surface area contributed by atoms with Crippen molar-refractivity contribution in [2.45, 2.75) is 26.4 Å². The number of benzene rings is 1. The molecule has 5 nitrogen and oxygen atoms in total. The van der Waals surface area contributed by atoms with Gasteiger partial charge in [-0.3, -0.25) is 9.78 Å². The molecule has 0 aliphatic heterocycles. The standard InChI is InChI=1S/C18H21N3O2/c1-12(2)23-10-4-9-20-18(22)15-11-14-7-6-13-5-3-8-19-16(13)17(14)21-15/h3,5-8,11-12,21H,4,9-10H2,1-2H3,(H,20,22). The van der Waals surface area contributed by atoms with Crippen LogP contribution in [0.1, 0.15) is 30.8 Å². The van der Waals surface area contributed by atoms with Gasteiger partial charge in [-0.2, -0.15) is 0 Å². The zero-order valence-electron chi connectivity index (χ0n) is 13.4. The van der Waals surface area contributed by atoms with Crippen LogP contribution in [0.25, 0.3) is 21.8 Å². The summed E-state index contributed by atoms with van der Waals surface area (Å²) in [6, 6.07) is 9.80. The fourth-order valence-electron chi connectivity index (χ4n) is 2.55. The van der Waals surface area contributed by atoms with E-state index >= 15 is 0 Å². The third-order valence-electron chi connectivity index (χ3n) is 3.67. The smallest absolute Gasteiger partial charge is 0.267 e. The summed E-state index contributed by atoms with van der Waals surface area (Å²) in [7, 11) is 0. The highest BCUT2D eigenvalue weighted by atomic mass is 16.5. The van der Waals surface area contributed by atoms with Gasteiger partial charge in [-0.25, -0.2) is 0 Å². The first-order chi connectivity index (χ1) is 11.1. The average molecular weight is 311 g/mol. The topological polar surface area (TPSA) is 67.0 Å². The van der Waals surface area contributed by atoms with E-state index in [1.807, 2.05) is 44.2 Å². The summed E-state index contributed by atoms with van der Waals surface area (Å²) in [4.78, 5) is 19.8. The fourth-order valence-corrected chi connectivity index (χ4v) is 2.55. The molecule has 1 amide bonds. The van der Waals surface area contributed by atoms with Crippen molar-refractivity contribution in [3.05, 3.63) is 42.2 Å². The monoisotopic (exact) mass is 311 g/mol. The van der Waals surface area contributed by atoms with Crippen molar-refractivity contribution in [3.8, 4) is 0 Å². The van der Waals surface area contributed by atoms with Crippen LogP contribution in [0.4, 0.5) is 0 Å². The maximum Gasteiger partial charge on any atom is 0.267 e. The molecule has 2 aromatic heterocycles. The number of rotatable bonds is 6. The van der Waals surface area contributed by atoms with Crippen LogP contribution < -0.4 is 5.32 Å². The van der Waals surface area contributed by atoms with E-state index in [0.29, 0.717) is 18.8 Å². The van der Waals surface area contributed by atoms with Crippen LogP contribution in [0.2, 0.25) is 0 Å². The Morgan fingerprint density at radius 3 is 2.96 bits per heavy atom. The summed E-state index contributed by atoms with van der Waals surface area (Å²) in [5.74, 6) is -0.102. The maximum atomic E-state index is 12.2. The molecule has 2 N–H and O–H groups in total. The van der Waals surface area contributed by atoms with E-state index in [0.717, 1.165) is 28.2 Å². The number of H-pyrrole nitrogens is 1. The molecule has 0 aliphatic rings. The highest BCUT2D eigenvalue weighted by Gasteiger charge is 2.11. The number of aromatic nitrogens is 2. The van der Waals surface area contributed by atoms with E-state index in [9.17, 15) is 4.79 Å². The second-order valence-corrected chi connectivity index (χ2v) is 5.82. The number of nitrogens with zero attached hydrogens (tertiary/aromatic N) is 1. The predicted molar refractivity (Wildman–Crippen MR) is 91.6 cm³/mol. The van der Waals surface area contributed by atoms with E-state index in [1.165, 1.54) is 0 Å². The molecule has 1 aromatic carbocycles. The Morgan fingerprint density at radius 2 is 2.13 bits per heavy atom. The molecular formula is C18H21N3O2. The third-order valence-corrected chi connectivity index (χ3v) is 3.67. The molecule has 0 atom stereocenters. The fraction of sp³-hybridized carbons (Fsp3) is 0.333. The first kappa shape index (κ1) is 15.5. The molecule has 0 aliphatic carbocycles. The van der Waals surface area contributed by atoms with Crippen LogP contribution >= 0.6 is 0 Å². The van der Waals surface area contributed by atoms with E-state index < -0.39 is 0 Å². The number of hydrogen-bond donors (Lipinski definition) is 2. The van der Waals surface area contributed by atoms with Gasteiger partial charge in [0.15, 0.2) is 0 Å². The van der Waals surface area contributed by atoms with Gasteiger partial charge in [-0.05, 0) is 32.4 Å². The Morgan fingerprint density at radius 1 is 1.30 bits per heavy atom. The number of fused-ring (bicyclic) bond motifs is 3. The lowest BCUT2D eigenvalue weighted by Gasteiger charge is -2.07. The molecule has 0 unspecified atom stereocenters. The Labute approximate surface area is 135 Å². The molecule has 5 heteroatoms. The number of amides is 1. The summed E-state index contributed by atoms with van der Waals surface area (Å²) in [5.41, 5.74) is 2.34. The van der Waals surface area contributed by atoms with Crippen LogP contribution in [-0.4, -0.2) is 35.1 Å². The van der Waals surface area contributed by atoms with Gasteiger partial charge in [0.2, 0.25) is 0 Å². The van der Waals surface area contributed by atoms with Crippen LogP contribution in [0.5, 0.6) is 0 Å². The molecule has 0 radical (unpaired) electrons. The third kappa shape index (κ3) is 3.51. The number of aromatic amines is 1. The molecule has 2 heterocycles. The number of nitrogens with one attached hydrogen (secondary N) is 2. The first-order valence-corrected chi connectivity index (χ1v) is 7.91. The Bertz CT molecular complexity index is 823. The largest absolute Gasteiger partial charge is 0.379 e. The van der Waals surface area contributed by atoms with Gasteiger partial charge in [0.25, 0.3) is 5.91 Å². The molecule has 0 saturated carbocycles. The quantitative estimate of drug-likeness (QED) is 0.687. The molecular weight excluding hydrogens is 290 g/mol. The molecule has 0 fully saturated rings. The Hall–Kier alpha value is -2.40. The Kier molecular flexibility index (Phi) is 4.57. The van der Waals surface area contributed by atoms with Crippen molar-refractivity contribution < 1.29 is 9.53 Å². The number of carbonyl (C=O) groups is 1. The second kappa shape index (κ2) is 6.79. The van der Waals surface area contributed by atoms with Gasteiger partial charge in [-0.1, -0.05) is 18.2 Å². The summed E-state index contributed by atoms with van der Waals surface area (Å²) in [5, 5.41) is 4.96. The molecule has 0 bridgehead atoms. The van der Waals surface area contributed by atoms with E-state index in [-0.39, 0.29) is 12.0 Å². The lowest BCUT2D eigenvalue weighted by atomic mass is 10.1. The van der Waals surface area contributed by atoms with Gasteiger partial charge in [0.05, 0.1) is 17.1 Å². The lowest BCUT2D eigenvalue weighted by molar-refractivity contribution is 0.0756. The highest BCUT2D eigenvalue weighted by Crippen LogP contribution is 2.23. The summed E-state index contributed by atoms with van der Waals surface area (Å²) in [6.45, 7) is 5.25. The number of carbonyl (C=O) groups excluding carboxylic acids is 1. The number of hydrogen-bond acceptors (Lipinski definition) is 3. The zero-order chi connectivity index (χ0) is 16.2. The van der Waals surface area contributed by atoms with Crippen molar-refractivity contribution in [3.63, 3.8) is 0 Å². The van der Waals surface area contributed by atoms with Crippen LogP contribution in [0, 0.1) is 0 Å². The van der Waals surface area contributed by atoms with Crippen molar-refractivity contribution in [2.24, 2.45) is 0 Å². The van der Waals surface area contributed by atoms with Crippen LogP contribution in [-0.2, 0) is 4.74 Å². The molecule has 0 spiro atoms. The molecule has 23 heavy (non-hydrogen) atoms. The van der Waals surface area contributed by atoms with Gasteiger partial charge >= 0.3 is 0 Å². The molecule has 0 saturated heterocycles. The van der Waals surface area contributed by atoms with Crippen molar-refractivity contribution in [1.29, 1.82) is 0 Å². The molecule has 120 valence electrons. The average Bonchev–Trinajstić information content (AvgIpc) is 2.99. The van der Waals surface area contributed by atoms with E-state index in [2.05, 4.69) is 15.3 Å². The minimum atomic E-state index is -0.102. The van der Waals surface area contributed by atoms with Crippen LogP contribution in [0.3, 0.4) is 0 Å². The molecule has 3 aromatic rings. The summed E-state index contributed by atoms with van der Waals surface area (Å²) >= 11 is 0. The minimum absolute atomic E-state index is 0.102. The minimum Gasteiger partial charge on any atom is -0.379 e. The van der Waals surface area contributed by atoms with Crippen LogP contribution in [0.15, 0.2) is 36.5 Å². The van der Waals surface area contributed by atoms with E-state index in [1.54, 1.807) is 6.20 Å². The summed E-state index contributed by atoms with van der Waals surface area (Å²) in [6.07, 6.45) is 2.78. The second-order valence-electron chi connectivity index (χ2n) is 5.82. The lowest BCUT2D eigenvalue weighted by Crippen LogP contribution is -2.25. The zero-order valence-corrected chi connectivity index (χ0v) is 13.4. The van der Waals surface area contributed by atoms with Gasteiger partial charge in [0.1, 0.15) is 5.69 Å². The van der Waals surface area contributed by atoms with Gasteiger partial charge in [0, 0.05) is 30.1 Å². The van der Waals surface area contributed by atoms with Crippen molar-refractivity contribution in [2.75, 3.05) is 13.2 Å². The van der Waals surface area contributed by atoms with E-state index in [4.69, 9.17) is 4.74 Å². The van der Waals surface area contributed by atoms with Gasteiger partial charge < -0.3 is 15.0 Å².